The van der Waals surface area contributed by atoms with Gasteiger partial charge in [-0.25, -0.2) is 4.79 Å². The normalized spacial score (nSPS) is 19.1. The lowest BCUT2D eigenvalue weighted by Gasteiger charge is -2.26. The van der Waals surface area contributed by atoms with Crippen LogP contribution in [0.3, 0.4) is 0 Å². The van der Waals surface area contributed by atoms with Crippen LogP contribution in [0.1, 0.15) is 56.5 Å². The van der Waals surface area contributed by atoms with Crippen molar-refractivity contribution < 1.29 is 23.9 Å². The molecule has 1 atom stereocenters. The maximum atomic E-state index is 13.0. The van der Waals surface area contributed by atoms with Gasteiger partial charge < -0.3 is 9.47 Å². The van der Waals surface area contributed by atoms with Gasteiger partial charge in [-0.2, -0.15) is 0 Å². The predicted molar refractivity (Wildman–Crippen MR) is 98.5 cm³/mol. The van der Waals surface area contributed by atoms with Crippen LogP contribution in [0.5, 0.6) is 0 Å². The van der Waals surface area contributed by atoms with Gasteiger partial charge in [-0.15, -0.1) is 0 Å². The summed E-state index contributed by atoms with van der Waals surface area (Å²) >= 11 is 0. The Morgan fingerprint density at radius 3 is 2.46 bits per heavy atom. The van der Waals surface area contributed by atoms with E-state index in [0.717, 1.165) is 0 Å². The number of ether oxygens (including phenoxy) is 2. The van der Waals surface area contributed by atoms with Gasteiger partial charge in [0.2, 0.25) is 0 Å². The molecule has 0 spiro atoms. The number of carbonyl (C=O) groups is 3. The van der Waals surface area contributed by atoms with Crippen LogP contribution in [-0.2, 0) is 20.7 Å². The Morgan fingerprint density at radius 1 is 1.27 bits per heavy atom. The highest BCUT2D eigenvalue weighted by atomic mass is 16.6. The summed E-state index contributed by atoms with van der Waals surface area (Å²) in [5, 5.41) is 0. The Balaban J connectivity index is 2.46. The molecule has 0 aromatic heterocycles. The third-order valence-corrected chi connectivity index (χ3v) is 4.59. The minimum absolute atomic E-state index is 0.227. The standard InChI is InChI=1S/C20H27NO5/c1-7-11-20(17(23)25-6)12-14-13(16(20)22)9-8-10-15(14)21(5)18(24)26-19(2,3)4/h8-10H,7,11-12H2,1-6H3. The Bertz CT molecular complexity index is 734. The SMILES string of the molecule is CCCC1(C(=O)OC)Cc2c(cccc2N(C)C(=O)OC(C)(C)C)C1=O. The first-order valence-electron chi connectivity index (χ1n) is 8.79. The zero-order valence-corrected chi connectivity index (χ0v) is 16.3. The molecule has 0 N–H and O–H groups in total. The molecule has 1 aliphatic rings. The van der Waals surface area contributed by atoms with Gasteiger partial charge in [-0.1, -0.05) is 25.5 Å². The molecule has 0 fully saturated rings. The van der Waals surface area contributed by atoms with Crippen LogP contribution < -0.4 is 4.90 Å². The van der Waals surface area contributed by atoms with E-state index in [0.29, 0.717) is 29.7 Å². The van der Waals surface area contributed by atoms with Crippen LogP contribution in [0.4, 0.5) is 10.5 Å². The quantitative estimate of drug-likeness (QED) is 0.603. The molecule has 1 amide bonds. The molecule has 1 aliphatic carbocycles. The van der Waals surface area contributed by atoms with Gasteiger partial charge in [0, 0.05) is 12.6 Å². The maximum Gasteiger partial charge on any atom is 0.414 e. The third-order valence-electron chi connectivity index (χ3n) is 4.59. The van der Waals surface area contributed by atoms with Crippen LogP contribution in [0.15, 0.2) is 18.2 Å². The summed E-state index contributed by atoms with van der Waals surface area (Å²) in [6.07, 6.45) is 0.796. The summed E-state index contributed by atoms with van der Waals surface area (Å²) in [4.78, 5) is 39.3. The predicted octanol–water partition coefficient (Wildman–Crippen LogP) is 3.76. The van der Waals surface area contributed by atoms with Crippen LogP contribution in [0.2, 0.25) is 0 Å². The molecule has 0 aliphatic heterocycles. The van der Waals surface area contributed by atoms with Gasteiger partial charge in [0.05, 0.1) is 12.8 Å². The fraction of sp³-hybridized carbons (Fsp3) is 0.550. The van der Waals surface area contributed by atoms with E-state index in [1.54, 1.807) is 46.0 Å². The molecule has 142 valence electrons. The molecule has 0 saturated carbocycles. The molecular weight excluding hydrogens is 334 g/mol. The summed E-state index contributed by atoms with van der Waals surface area (Å²) in [7, 11) is 2.90. The Hall–Kier alpha value is -2.37. The maximum absolute atomic E-state index is 13.0. The van der Waals surface area contributed by atoms with Crippen LogP contribution in [0.25, 0.3) is 0 Å². The van der Waals surface area contributed by atoms with Crippen molar-refractivity contribution in [2.24, 2.45) is 5.41 Å². The van der Waals surface area contributed by atoms with E-state index in [1.165, 1.54) is 12.0 Å². The summed E-state index contributed by atoms with van der Waals surface area (Å²) in [5.41, 5.74) is -0.109. The summed E-state index contributed by atoms with van der Waals surface area (Å²) in [5.74, 6) is -0.757. The molecule has 2 rings (SSSR count). The lowest BCUT2D eigenvalue weighted by molar-refractivity contribution is -0.149. The second-order valence-electron chi connectivity index (χ2n) is 7.67. The van der Waals surface area contributed by atoms with E-state index >= 15 is 0 Å². The Kier molecular flexibility index (Phi) is 5.44. The van der Waals surface area contributed by atoms with E-state index in [1.807, 2.05) is 6.92 Å². The monoisotopic (exact) mass is 361 g/mol. The third kappa shape index (κ3) is 3.45. The molecule has 1 aromatic carbocycles. The smallest absolute Gasteiger partial charge is 0.414 e. The lowest BCUT2D eigenvalue weighted by atomic mass is 9.79. The molecule has 6 nitrogen and oxygen atoms in total. The Labute approximate surface area is 154 Å². The van der Waals surface area contributed by atoms with Crippen molar-refractivity contribution in [3.05, 3.63) is 29.3 Å². The molecule has 0 saturated heterocycles. The zero-order chi connectivity index (χ0) is 19.7. The van der Waals surface area contributed by atoms with Crippen molar-refractivity contribution in [3.63, 3.8) is 0 Å². The summed E-state index contributed by atoms with van der Waals surface area (Å²) in [6.45, 7) is 7.30. The number of hydrogen-bond acceptors (Lipinski definition) is 5. The highest BCUT2D eigenvalue weighted by Gasteiger charge is 2.52. The number of fused-ring (bicyclic) bond motifs is 1. The summed E-state index contributed by atoms with van der Waals surface area (Å²) < 4.78 is 10.4. The average Bonchev–Trinajstić information content (AvgIpc) is 2.86. The van der Waals surface area contributed by atoms with Crippen molar-refractivity contribution in [1.29, 1.82) is 0 Å². The van der Waals surface area contributed by atoms with E-state index in [9.17, 15) is 14.4 Å². The zero-order valence-electron chi connectivity index (χ0n) is 16.3. The number of esters is 1. The molecule has 0 bridgehead atoms. The fourth-order valence-corrected chi connectivity index (χ4v) is 3.45. The first-order valence-corrected chi connectivity index (χ1v) is 8.79. The van der Waals surface area contributed by atoms with Crippen LogP contribution >= 0.6 is 0 Å². The van der Waals surface area contributed by atoms with Gasteiger partial charge in [0.1, 0.15) is 11.0 Å². The first kappa shape index (κ1) is 19.9. The second-order valence-corrected chi connectivity index (χ2v) is 7.67. The number of hydrogen-bond donors (Lipinski definition) is 0. The number of amides is 1. The summed E-state index contributed by atoms with van der Waals surface area (Å²) in [6, 6.07) is 5.17. The molecule has 0 radical (unpaired) electrons. The van der Waals surface area contributed by atoms with Gasteiger partial charge in [0.15, 0.2) is 5.78 Å². The largest absolute Gasteiger partial charge is 0.468 e. The molecule has 6 heteroatoms. The topological polar surface area (TPSA) is 72.9 Å². The highest BCUT2D eigenvalue weighted by molar-refractivity contribution is 6.17. The minimum atomic E-state index is -1.21. The number of methoxy groups -OCH3 is 1. The van der Waals surface area contributed by atoms with Crippen molar-refractivity contribution in [3.8, 4) is 0 Å². The minimum Gasteiger partial charge on any atom is -0.468 e. The fourth-order valence-electron chi connectivity index (χ4n) is 3.45. The molecule has 26 heavy (non-hydrogen) atoms. The number of ketones is 1. The van der Waals surface area contributed by atoms with Gasteiger partial charge in [-0.3, -0.25) is 14.5 Å². The van der Waals surface area contributed by atoms with Crippen molar-refractivity contribution in [2.45, 2.75) is 52.6 Å². The van der Waals surface area contributed by atoms with E-state index in [2.05, 4.69) is 0 Å². The molecule has 1 aromatic rings. The van der Waals surface area contributed by atoms with E-state index < -0.39 is 23.1 Å². The number of Topliss-reactive ketones (excluding diaryl/α,β-unsaturated/α-hetero) is 1. The van der Waals surface area contributed by atoms with Crippen LogP contribution in [-0.4, -0.2) is 37.6 Å². The van der Waals surface area contributed by atoms with Gasteiger partial charge in [-0.05, 0) is 45.2 Å². The van der Waals surface area contributed by atoms with Gasteiger partial charge in [0.25, 0.3) is 0 Å². The van der Waals surface area contributed by atoms with Crippen LogP contribution in [0, 0.1) is 5.41 Å². The van der Waals surface area contributed by atoms with E-state index in [4.69, 9.17) is 9.47 Å². The second kappa shape index (κ2) is 7.09. The molecular formula is C20H27NO5. The number of benzene rings is 1. The Morgan fingerprint density at radius 2 is 1.92 bits per heavy atom. The number of nitrogens with zero attached hydrogens (tertiary/aromatic N) is 1. The van der Waals surface area contributed by atoms with E-state index in [-0.39, 0.29) is 12.2 Å². The number of rotatable bonds is 4. The van der Waals surface area contributed by atoms with Crippen molar-refractivity contribution in [1.82, 2.24) is 0 Å². The average molecular weight is 361 g/mol. The van der Waals surface area contributed by atoms with Crippen molar-refractivity contribution in [2.75, 3.05) is 19.1 Å². The first-order chi connectivity index (χ1) is 12.1. The van der Waals surface area contributed by atoms with Crippen molar-refractivity contribution >= 4 is 23.5 Å². The molecule has 0 heterocycles. The molecule has 1 unspecified atom stereocenters. The van der Waals surface area contributed by atoms with Gasteiger partial charge >= 0.3 is 12.1 Å². The number of anilines is 1. The highest BCUT2D eigenvalue weighted by Crippen LogP contribution is 2.45. The lowest BCUT2D eigenvalue weighted by Crippen LogP contribution is -2.38. The number of carbonyl (C=O) groups excluding carboxylic acids is 3.